The zero-order valence-corrected chi connectivity index (χ0v) is 12.3. The lowest BCUT2D eigenvalue weighted by Gasteiger charge is -2.17. The highest BCUT2D eigenvalue weighted by Gasteiger charge is 2.30. The number of carbonyl (C=O) groups excluding carboxylic acids is 2. The van der Waals surface area contributed by atoms with Crippen molar-refractivity contribution in [2.45, 2.75) is 25.4 Å². The summed E-state index contributed by atoms with van der Waals surface area (Å²) in [6, 6.07) is 7.44. The summed E-state index contributed by atoms with van der Waals surface area (Å²) in [5.74, 6) is -0.896. The van der Waals surface area contributed by atoms with Crippen LogP contribution < -0.4 is 5.32 Å². The molecule has 9 heteroatoms. The number of esters is 1. The Morgan fingerprint density at radius 2 is 1.87 bits per heavy atom. The molecular weight excluding hydrogens is 319 g/mol. The number of alkyl halides is 3. The van der Waals surface area contributed by atoms with Gasteiger partial charge in [-0.1, -0.05) is 30.3 Å². The molecule has 0 radical (unpaired) electrons. The third-order valence-electron chi connectivity index (χ3n) is 2.66. The Balaban J connectivity index is 2.45. The fourth-order valence-corrected chi connectivity index (χ4v) is 1.59. The summed E-state index contributed by atoms with van der Waals surface area (Å²) in [6.45, 7) is -0.845. The lowest BCUT2D eigenvalue weighted by atomic mass is 10.2. The van der Waals surface area contributed by atoms with E-state index in [4.69, 9.17) is 4.74 Å². The van der Waals surface area contributed by atoms with E-state index >= 15 is 0 Å². The van der Waals surface area contributed by atoms with Crippen LogP contribution in [0.5, 0.6) is 0 Å². The minimum atomic E-state index is -4.81. The van der Waals surface area contributed by atoms with Gasteiger partial charge in [0.1, 0.15) is 12.6 Å². The maximum absolute atomic E-state index is 11.9. The molecule has 1 aromatic carbocycles. The van der Waals surface area contributed by atoms with Crippen molar-refractivity contribution in [3.05, 3.63) is 35.9 Å². The molecule has 0 saturated heterocycles. The molecule has 0 heterocycles. The molecule has 6 nitrogen and oxygen atoms in total. The van der Waals surface area contributed by atoms with Crippen molar-refractivity contribution in [1.29, 1.82) is 0 Å². The molecule has 0 aromatic heterocycles. The van der Waals surface area contributed by atoms with E-state index in [1.54, 1.807) is 30.3 Å². The van der Waals surface area contributed by atoms with Crippen LogP contribution in [0.4, 0.5) is 18.0 Å². The van der Waals surface area contributed by atoms with Gasteiger partial charge < -0.3 is 14.8 Å². The zero-order chi connectivity index (χ0) is 17.3. The second kappa shape index (κ2) is 8.99. The fraction of sp³-hybridized carbons (Fsp3) is 0.429. The Hall–Kier alpha value is -2.29. The third kappa shape index (κ3) is 8.05. The second-order valence-electron chi connectivity index (χ2n) is 4.36. The quantitative estimate of drug-likeness (QED) is 0.775. The van der Waals surface area contributed by atoms with Crippen molar-refractivity contribution in [3.63, 3.8) is 0 Å². The van der Waals surface area contributed by atoms with E-state index in [0.29, 0.717) is 0 Å². The highest BCUT2D eigenvalue weighted by Crippen LogP contribution is 2.16. The number of alkyl carbamates (subject to hydrolysis) is 1. The maximum Gasteiger partial charge on any atom is 0.522 e. The van der Waals surface area contributed by atoms with Crippen molar-refractivity contribution in [2.24, 2.45) is 0 Å². The van der Waals surface area contributed by atoms with Crippen molar-refractivity contribution in [3.8, 4) is 0 Å². The fourth-order valence-electron chi connectivity index (χ4n) is 1.59. The van der Waals surface area contributed by atoms with E-state index in [1.807, 2.05) is 0 Å². The SMILES string of the molecule is COC(=O)[C@H](CCOC(F)(F)F)NC(=O)OCc1ccccc1. The molecule has 23 heavy (non-hydrogen) atoms. The minimum absolute atomic E-state index is 0.0420. The highest BCUT2D eigenvalue weighted by atomic mass is 19.4. The van der Waals surface area contributed by atoms with E-state index < -0.39 is 37.5 Å². The first kappa shape index (κ1) is 18.8. The number of nitrogens with one attached hydrogen (secondary N) is 1. The lowest BCUT2D eigenvalue weighted by Crippen LogP contribution is -2.42. The summed E-state index contributed by atoms with van der Waals surface area (Å²) in [7, 11) is 1.05. The number of carbonyl (C=O) groups is 2. The molecule has 1 N–H and O–H groups in total. The number of rotatable bonds is 7. The summed E-state index contributed by atoms with van der Waals surface area (Å²) in [4.78, 5) is 23.1. The van der Waals surface area contributed by atoms with Crippen molar-refractivity contribution in [2.75, 3.05) is 13.7 Å². The number of amides is 1. The van der Waals surface area contributed by atoms with Crippen molar-refractivity contribution < 1.29 is 37.0 Å². The first-order chi connectivity index (χ1) is 10.8. The molecule has 1 amide bonds. The molecule has 1 rings (SSSR count). The summed E-state index contributed by atoms with van der Waals surface area (Å²) >= 11 is 0. The number of benzene rings is 1. The Morgan fingerprint density at radius 1 is 1.22 bits per heavy atom. The molecule has 0 spiro atoms. The van der Waals surface area contributed by atoms with E-state index in [9.17, 15) is 22.8 Å². The Morgan fingerprint density at radius 3 is 2.43 bits per heavy atom. The topological polar surface area (TPSA) is 73.9 Å². The van der Waals surface area contributed by atoms with Gasteiger partial charge in [-0.2, -0.15) is 0 Å². The molecular formula is C14H16F3NO5. The standard InChI is InChI=1S/C14H16F3NO5/c1-21-12(19)11(7-8-23-14(15,16)17)18-13(20)22-9-10-5-3-2-4-6-10/h2-6,11H,7-9H2,1H3,(H,18,20)/t11-/m0/s1. The Kier molecular flexibility index (Phi) is 7.33. The van der Waals surface area contributed by atoms with Crippen LogP contribution >= 0.6 is 0 Å². The second-order valence-corrected chi connectivity index (χ2v) is 4.36. The number of ether oxygens (including phenoxy) is 3. The van der Waals surface area contributed by atoms with Crippen LogP contribution in [0.15, 0.2) is 30.3 Å². The molecule has 0 aliphatic carbocycles. The summed E-state index contributed by atoms with van der Waals surface area (Å²) in [5, 5.41) is 2.14. The summed E-state index contributed by atoms with van der Waals surface area (Å²) in [6.07, 6.45) is -6.17. The molecule has 128 valence electrons. The average Bonchev–Trinajstić information content (AvgIpc) is 2.51. The first-order valence-electron chi connectivity index (χ1n) is 6.57. The number of methoxy groups -OCH3 is 1. The van der Waals surface area contributed by atoms with Gasteiger partial charge >= 0.3 is 18.4 Å². The summed E-state index contributed by atoms with van der Waals surface area (Å²) < 4.78 is 48.6. The van der Waals surface area contributed by atoms with E-state index in [0.717, 1.165) is 12.7 Å². The van der Waals surface area contributed by atoms with Crippen LogP contribution in [0, 0.1) is 0 Å². The van der Waals surface area contributed by atoms with Gasteiger partial charge in [-0.3, -0.25) is 4.74 Å². The van der Waals surface area contributed by atoms with Gasteiger partial charge in [-0.15, -0.1) is 13.2 Å². The third-order valence-corrected chi connectivity index (χ3v) is 2.66. The summed E-state index contributed by atoms with van der Waals surface area (Å²) in [5.41, 5.74) is 0.720. The Labute approximate surface area is 130 Å². The average molecular weight is 335 g/mol. The smallest absolute Gasteiger partial charge is 0.467 e. The number of halogens is 3. The molecule has 0 aliphatic heterocycles. The van der Waals surface area contributed by atoms with Crippen molar-refractivity contribution >= 4 is 12.1 Å². The van der Waals surface area contributed by atoms with Gasteiger partial charge in [-0.05, 0) is 5.56 Å². The first-order valence-corrected chi connectivity index (χ1v) is 6.57. The molecule has 0 saturated carbocycles. The van der Waals surface area contributed by atoms with Gasteiger partial charge in [0, 0.05) is 6.42 Å². The monoisotopic (exact) mass is 335 g/mol. The molecule has 0 unspecified atom stereocenters. The van der Waals surface area contributed by atoms with Crippen LogP contribution in [-0.2, 0) is 25.6 Å². The maximum atomic E-state index is 11.9. The molecule has 0 aliphatic rings. The van der Waals surface area contributed by atoms with Crippen LogP contribution in [0.25, 0.3) is 0 Å². The normalized spacial score (nSPS) is 12.3. The van der Waals surface area contributed by atoms with Gasteiger partial charge in [0.05, 0.1) is 13.7 Å². The predicted octanol–water partition coefficient (Wildman–Crippen LogP) is 2.38. The van der Waals surface area contributed by atoms with Gasteiger partial charge in [0.15, 0.2) is 0 Å². The lowest BCUT2D eigenvalue weighted by molar-refractivity contribution is -0.324. The van der Waals surface area contributed by atoms with Crippen LogP contribution in [0.2, 0.25) is 0 Å². The zero-order valence-electron chi connectivity index (χ0n) is 12.3. The molecule has 1 aromatic rings. The van der Waals surface area contributed by atoms with Gasteiger partial charge in [-0.25, -0.2) is 9.59 Å². The Bertz CT molecular complexity index is 507. The van der Waals surface area contributed by atoms with Crippen LogP contribution in [0.1, 0.15) is 12.0 Å². The number of hydrogen-bond donors (Lipinski definition) is 1. The predicted molar refractivity (Wildman–Crippen MR) is 72.2 cm³/mol. The van der Waals surface area contributed by atoms with Gasteiger partial charge in [0.25, 0.3) is 0 Å². The van der Waals surface area contributed by atoms with E-state index in [1.165, 1.54) is 0 Å². The van der Waals surface area contributed by atoms with Gasteiger partial charge in [0.2, 0.25) is 0 Å². The molecule has 0 fully saturated rings. The highest BCUT2D eigenvalue weighted by molar-refractivity contribution is 5.81. The van der Waals surface area contributed by atoms with E-state index in [2.05, 4.69) is 14.8 Å². The van der Waals surface area contributed by atoms with E-state index in [-0.39, 0.29) is 6.61 Å². The van der Waals surface area contributed by atoms with Crippen molar-refractivity contribution in [1.82, 2.24) is 5.32 Å². The van der Waals surface area contributed by atoms with Crippen LogP contribution in [0.3, 0.4) is 0 Å². The molecule has 1 atom stereocenters. The number of hydrogen-bond acceptors (Lipinski definition) is 5. The molecule has 0 bridgehead atoms. The minimum Gasteiger partial charge on any atom is -0.467 e. The van der Waals surface area contributed by atoms with Crippen LogP contribution in [-0.4, -0.2) is 38.2 Å². The largest absolute Gasteiger partial charge is 0.522 e.